The second-order valence-corrected chi connectivity index (χ2v) is 8.32. The number of rotatable bonds is 8. The summed E-state index contributed by atoms with van der Waals surface area (Å²) in [5, 5.41) is 3.25. The lowest BCUT2D eigenvalue weighted by molar-refractivity contribution is -0.137. The highest BCUT2D eigenvalue weighted by Gasteiger charge is 2.28. The summed E-state index contributed by atoms with van der Waals surface area (Å²) < 4.78 is 0. The van der Waals surface area contributed by atoms with E-state index in [-0.39, 0.29) is 36.6 Å². The summed E-state index contributed by atoms with van der Waals surface area (Å²) >= 11 is 1.70. The van der Waals surface area contributed by atoms with Gasteiger partial charge in [0.25, 0.3) is 0 Å². The van der Waals surface area contributed by atoms with Gasteiger partial charge in [-0.3, -0.25) is 9.69 Å². The Hall–Kier alpha value is -1.18. The first-order chi connectivity index (χ1) is 13.2. The highest BCUT2D eigenvalue weighted by Crippen LogP contribution is 2.22. The lowest BCUT2D eigenvalue weighted by Crippen LogP contribution is -2.44. The number of halogens is 2. The van der Waals surface area contributed by atoms with Crippen LogP contribution in [-0.2, 0) is 17.8 Å². The number of nitrogens with two attached hydrogens (primary N) is 1. The standard InChI is InChI=1S/C21H30N4OS.2ClH/c1-17-23-20(16-27-17)15-24-11-8-19(9-12-24)21(26)25(14-10-22)13-7-18-5-3-2-4-6-18;;/h2-6,16,19H,7-15,22H2,1H3;2*1H. The summed E-state index contributed by atoms with van der Waals surface area (Å²) in [6, 6.07) is 10.3. The monoisotopic (exact) mass is 458 g/mol. The number of amides is 1. The van der Waals surface area contributed by atoms with Gasteiger partial charge >= 0.3 is 0 Å². The van der Waals surface area contributed by atoms with Gasteiger partial charge in [0.2, 0.25) is 5.91 Å². The minimum absolute atomic E-state index is 0. The average molecular weight is 459 g/mol. The van der Waals surface area contributed by atoms with Gasteiger partial charge < -0.3 is 10.6 Å². The minimum atomic E-state index is 0. The second kappa shape index (κ2) is 13.2. The Balaban J connectivity index is 0.00000210. The van der Waals surface area contributed by atoms with E-state index in [0.29, 0.717) is 13.1 Å². The first-order valence-electron chi connectivity index (χ1n) is 9.82. The van der Waals surface area contributed by atoms with Gasteiger partial charge in [0.05, 0.1) is 10.7 Å². The lowest BCUT2D eigenvalue weighted by Gasteiger charge is -2.34. The zero-order valence-corrected chi connectivity index (χ0v) is 19.4. The fourth-order valence-corrected chi connectivity index (χ4v) is 4.31. The summed E-state index contributed by atoms with van der Waals surface area (Å²) in [6.45, 7) is 6.77. The Bertz CT molecular complexity index is 720. The molecule has 2 N–H and O–H groups in total. The molecule has 2 aromatic rings. The number of likely N-dealkylation sites (tertiary alicyclic amines) is 1. The molecule has 0 bridgehead atoms. The van der Waals surface area contributed by atoms with E-state index in [1.165, 1.54) is 5.56 Å². The van der Waals surface area contributed by atoms with Crippen molar-refractivity contribution in [3.05, 3.63) is 52.0 Å². The number of aryl methyl sites for hydroxylation is 1. The average Bonchev–Trinajstić information content (AvgIpc) is 3.10. The number of carbonyl (C=O) groups excluding carboxylic acids is 1. The van der Waals surface area contributed by atoms with Gasteiger partial charge in [0, 0.05) is 37.5 Å². The zero-order chi connectivity index (χ0) is 19.1. The lowest BCUT2D eigenvalue weighted by atomic mass is 9.95. The summed E-state index contributed by atoms with van der Waals surface area (Å²) in [6.07, 6.45) is 2.73. The van der Waals surface area contributed by atoms with Crippen LogP contribution in [0.3, 0.4) is 0 Å². The third-order valence-electron chi connectivity index (χ3n) is 5.21. The summed E-state index contributed by atoms with van der Waals surface area (Å²) in [5.41, 5.74) is 8.18. The Labute approximate surface area is 190 Å². The minimum Gasteiger partial charge on any atom is -0.341 e. The quantitative estimate of drug-likeness (QED) is 0.656. The van der Waals surface area contributed by atoms with Crippen molar-refractivity contribution in [2.75, 3.05) is 32.7 Å². The third-order valence-corrected chi connectivity index (χ3v) is 6.04. The maximum Gasteiger partial charge on any atom is 0.225 e. The molecule has 1 aliphatic rings. The van der Waals surface area contributed by atoms with Crippen LogP contribution in [0.1, 0.15) is 29.1 Å². The summed E-state index contributed by atoms with van der Waals surface area (Å²) in [5.74, 6) is 0.404. The van der Waals surface area contributed by atoms with Crippen LogP contribution in [0.5, 0.6) is 0 Å². The van der Waals surface area contributed by atoms with Crippen molar-refractivity contribution >= 4 is 42.1 Å². The van der Waals surface area contributed by atoms with Crippen LogP contribution in [0, 0.1) is 12.8 Å². The molecule has 0 aliphatic carbocycles. The van der Waals surface area contributed by atoms with Crippen LogP contribution in [-0.4, -0.2) is 53.4 Å². The number of carbonyl (C=O) groups is 1. The highest BCUT2D eigenvalue weighted by atomic mass is 35.5. The predicted octanol–water partition coefficient (Wildman–Crippen LogP) is 3.54. The molecule has 8 heteroatoms. The third kappa shape index (κ3) is 7.87. The molecule has 0 atom stereocenters. The normalized spacial score (nSPS) is 14.7. The zero-order valence-electron chi connectivity index (χ0n) is 17.0. The van der Waals surface area contributed by atoms with Crippen LogP contribution in [0.25, 0.3) is 0 Å². The fourth-order valence-electron chi connectivity index (χ4n) is 3.70. The summed E-state index contributed by atoms with van der Waals surface area (Å²) in [7, 11) is 0. The largest absolute Gasteiger partial charge is 0.341 e. The number of piperidine rings is 1. The highest BCUT2D eigenvalue weighted by molar-refractivity contribution is 7.09. The van der Waals surface area contributed by atoms with Crippen molar-refractivity contribution in [3.63, 3.8) is 0 Å². The summed E-state index contributed by atoms with van der Waals surface area (Å²) in [4.78, 5) is 22.0. The van der Waals surface area contributed by atoms with Crippen LogP contribution >= 0.6 is 36.2 Å². The number of nitrogens with zero attached hydrogens (tertiary/aromatic N) is 3. The molecule has 0 spiro atoms. The molecule has 2 heterocycles. The molecule has 0 radical (unpaired) electrons. The molecule has 162 valence electrons. The van der Waals surface area contributed by atoms with Crippen LogP contribution in [0.2, 0.25) is 0 Å². The van der Waals surface area contributed by atoms with Crippen LogP contribution in [0.4, 0.5) is 0 Å². The van der Waals surface area contributed by atoms with Crippen molar-refractivity contribution in [2.45, 2.75) is 32.7 Å². The van der Waals surface area contributed by atoms with E-state index in [0.717, 1.165) is 56.1 Å². The molecule has 3 rings (SSSR count). The molecule has 1 amide bonds. The number of thiazole rings is 1. The number of hydrogen-bond donors (Lipinski definition) is 1. The van der Waals surface area contributed by atoms with E-state index in [1.807, 2.05) is 30.0 Å². The topological polar surface area (TPSA) is 62.5 Å². The van der Waals surface area contributed by atoms with Gasteiger partial charge in [-0.2, -0.15) is 0 Å². The van der Waals surface area contributed by atoms with E-state index < -0.39 is 0 Å². The van der Waals surface area contributed by atoms with Gasteiger partial charge in [0.15, 0.2) is 0 Å². The van der Waals surface area contributed by atoms with E-state index in [2.05, 4.69) is 27.4 Å². The Morgan fingerprint density at radius 1 is 1.21 bits per heavy atom. The Morgan fingerprint density at radius 2 is 1.90 bits per heavy atom. The molecular formula is C21H32Cl2N4OS. The van der Waals surface area contributed by atoms with Gasteiger partial charge in [-0.15, -0.1) is 36.2 Å². The predicted molar refractivity (Wildman–Crippen MR) is 125 cm³/mol. The smallest absolute Gasteiger partial charge is 0.225 e. The number of hydrogen-bond acceptors (Lipinski definition) is 5. The first kappa shape index (κ1) is 25.9. The van der Waals surface area contributed by atoms with E-state index in [1.54, 1.807) is 11.3 Å². The molecule has 1 fully saturated rings. The molecule has 0 unspecified atom stereocenters. The molecule has 1 aromatic heterocycles. The van der Waals surface area contributed by atoms with Crippen molar-refractivity contribution in [1.82, 2.24) is 14.8 Å². The number of aromatic nitrogens is 1. The van der Waals surface area contributed by atoms with Crippen molar-refractivity contribution in [3.8, 4) is 0 Å². The van der Waals surface area contributed by atoms with Gasteiger partial charge in [-0.25, -0.2) is 4.98 Å². The second-order valence-electron chi connectivity index (χ2n) is 7.26. The van der Waals surface area contributed by atoms with E-state index >= 15 is 0 Å². The van der Waals surface area contributed by atoms with Gasteiger partial charge in [-0.1, -0.05) is 30.3 Å². The maximum absolute atomic E-state index is 13.0. The molecule has 1 saturated heterocycles. The van der Waals surface area contributed by atoms with Gasteiger partial charge in [-0.05, 0) is 44.8 Å². The molecule has 0 saturated carbocycles. The molecule has 1 aromatic carbocycles. The molecule has 5 nitrogen and oxygen atoms in total. The fraction of sp³-hybridized carbons (Fsp3) is 0.524. The van der Waals surface area contributed by atoms with Crippen molar-refractivity contribution in [2.24, 2.45) is 11.7 Å². The number of benzene rings is 1. The van der Waals surface area contributed by atoms with Gasteiger partial charge in [0.1, 0.15) is 0 Å². The van der Waals surface area contributed by atoms with Crippen LogP contribution < -0.4 is 5.73 Å². The Kier molecular flexibility index (Phi) is 11.8. The molecule has 29 heavy (non-hydrogen) atoms. The van der Waals surface area contributed by atoms with E-state index in [9.17, 15) is 4.79 Å². The van der Waals surface area contributed by atoms with Crippen molar-refractivity contribution < 1.29 is 4.79 Å². The maximum atomic E-state index is 13.0. The Morgan fingerprint density at radius 3 is 2.48 bits per heavy atom. The molecule has 1 aliphatic heterocycles. The van der Waals surface area contributed by atoms with Crippen LogP contribution in [0.15, 0.2) is 35.7 Å². The first-order valence-corrected chi connectivity index (χ1v) is 10.7. The SMILES string of the molecule is Cc1nc(CN2CCC(C(=O)N(CCN)CCc3ccccc3)CC2)cs1.Cl.Cl. The van der Waals surface area contributed by atoms with Crippen molar-refractivity contribution in [1.29, 1.82) is 0 Å². The molecular weight excluding hydrogens is 427 g/mol. The van der Waals surface area contributed by atoms with E-state index in [4.69, 9.17) is 5.73 Å².